The van der Waals surface area contributed by atoms with Crippen LogP contribution in [0.2, 0.25) is 0 Å². The van der Waals surface area contributed by atoms with Crippen molar-refractivity contribution >= 4 is 22.7 Å². The van der Waals surface area contributed by atoms with Crippen molar-refractivity contribution in [2.24, 2.45) is 10.2 Å². The molecule has 0 saturated carbocycles. The minimum Gasteiger partial charge on any atom is -0.370 e. The molecule has 2 rings (SSSR count). The summed E-state index contributed by atoms with van der Waals surface area (Å²) in [5.74, 6) is 0. The molecule has 0 aromatic heterocycles. The summed E-state index contributed by atoms with van der Waals surface area (Å²) < 4.78 is 0. The van der Waals surface area contributed by atoms with Gasteiger partial charge in [-0.1, -0.05) is 18.2 Å². The van der Waals surface area contributed by atoms with Crippen LogP contribution in [0.25, 0.3) is 0 Å². The summed E-state index contributed by atoms with van der Waals surface area (Å²) in [4.78, 5) is 12.6. The van der Waals surface area contributed by atoms with Gasteiger partial charge in [-0.25, -0.2) is 0 Å². The molecule has 0 aliphatic heterocycles. The Morgan fingerprint density at radius 1 is 1.05 bits per heavy atom. The van der Waals surface area contributed by atoms with Gasteiger partial charge in [-0.2, -0.15) is 5.11 Å². The second-order valence-corrected chi connectivity index (χ2v) is 4.64. The van der Waals surface area contributed by atoms with E-state index < -0.39 is 4.92 Å². The Morgan fingerprint density at radius 2 is 1.73 bits per heavy atom. The van der Waals surface area contributed by atoms with Gasteiger partial charge in [-0.15, -0.1) is 5.11 Å². The van der Waals surface area contributed by atoms with Gasteiger partial charge in [-0.3, -0.25) is 10.1 Å². The lowest BCUT2D eigenvalue weighted by Crippen LogP contribution is -2.21. The Kier molecular flexibility index (Phi) is 5.19. The first-order valence-corrected chi connectivity index (χ1v) is 7.15. The number of nitrogens with zero attached hydrogens (tertiary/aromatic N) is 4. The lowest BCUT2D eigenvalue weighted by Gasteiger charge is -2.22. The van der Waals surface area contributed by atoms with Gasteiger partial charge in [0.15, 0.2) is 0 Å². The number of rotatable bonds is 6. The largest absolute Gasteiger partial charge is 0.370 e. The van der Waals surface area contributed by atoms with E-state index in [1.165, 1.54) is 6.07 Å². The van der Waals surface area contributed by atoms with Crippen molar-refractivity contribution in [3.8, 4) is 0 Å². The quantitative estimate of drug-likeness (QED) is 0.434. The molecule has 6 heteroatoms. The van der Waals surface area contributed by atoms with Crippen LogP contribution in [0.1, 0.15) is 13.8 Å². The summed E-state index contributed by atoms with van der Waals surface area (Å²) in [6.07, 6.45) is 0. The first kappa shape index (κ1) is 15.6. The molecule has 0 spiro atoms. The fraction of sp³-hybridized carbons (Fsp3) is 0.250. The Balaban J connectivity index is 2.41. The number of non-ortho nitro benzene ring substituents is 1. The van der Waals surface area contributed by atoms with Gasteiger partial charge < -0.3 is 4.90 Å². The molecule has 0 radical (unpaired) electrons. The molecule has 0 amide bonds. The Labute approximate surface area is 129 Å². The molecule has 0 saturated heterocycles. The molecular formula is C16H18N4O2. The lowest BCUT2D eigenvalue weighted by molar-refractivity contribution is -0.384. The monoisotopic (exact) mass is 298 g/mol. The molecule has 0 aliphatic rings. The van der Waals surface area contributed by atoms with E-state index in [2.05, 4.69) is 10.2 Å². The molecule has 22 heavy (non-hydrogen) atoms. The minimum atomic E-state index is -0.398. The van der Waals surface area contributed by atoms with Crippen molar-refractivity contribution in [3.63, 3.8) is 0 Å². The van der Waals surface area contributed by atoms with Crippen molar-refractivity contribution in [1.82, 2.24) is 0 Å². The highest BCUT2D eigenvalue weighted by Crippen LogP contribution is 2.33. The summed E-state index contributed by atoms with van der Waals surface area (Å²) in [6.45, 7) is 5.48. The SMILES string of the molecule is CCN(CC)c1cc([N+](=O)[O-])ccc1N=Nc1ccccc1. The van der Waals surface area contributed by atoms with E-state index in [0.717, 1.165) is 24.5 Å². The average Bonchev–Trinajstić information content (AvgIpc) is 2.55. The number of hydrogen-bond acceptors (Lipinski definition) is 5. The van der Waals surface area contributed by atoms with Crippen molar-refractivity contribution < 1.29 is 4.92 Å². The van der Waals surface area contributed by atoms with Crippen molar-refractivity contribution in [2.45, 2.75) is 13.8 Å². The number of nitro groups is 1. The third kappa shape index (κ3) is 3.66. The van der Waals surface area contributed by atoms with Crippen LogP contribution in [0.3, 0.4) is 0 Å². The third-order valence-corrected chi connectivity index (χ3v) is 3.30. The van der Waals surface area contributed by atoms with Crippen LogP contribution in [0.15, 0.2) is 58.8 Å². The summed E-state index contributed by atoms with van der Waals surface area (Å²) in [6, 6.07) is 14.0. The molecule has 0 aliphatic carbocycles. The smallest absolute Gasteiger partial charge is 0.271 e. The van der Waals surface area contributed by atoms with E-state index in [0.29, 0.717) is 5.69 Å². The molecule has 0 bridgehead atoms. The van der Waals surface area contributed by atoms with Crippen molar-refractivity contribution in [2.75, 3.05) is 18.0 Å². The van der Waals surface area contributed by atoms with Crippen LogP contribution in [0.5, 0.6) is 0 Å². The highest BCUT2D eigenvalue weighted by molar-refractivity contribution is 5.70. The fourth-order valence-corrected chi connectivity index (χ4v) is 2.13. The van der Waals surface area contributed by atoms with Crippen molar-refractivity contribution in [3.05, 3.63) is 58.6 Å². The van der Waals surface area contributed by atoms with E-state index in [9.17, 15) is 10.1 Å². The minimum absolute atomic E-state index is 0.0561. The van der Waals surface area contributed by atoms with E-state index in [4.69, 9.17) is 0 Å². The van der Waals surface area contributed by atoms with E-state index in [1.807, 2.05) is 49.1 Å². The first-order chi connectivity index (χ1) is 10.7. The molecule has 2 aromatic rings. The van der Waals surface area contributed by atoms with Crippen LogP contribution in [0, 0.1) is 10.1 Å². The van der Waals surface area contributed by atoms with E-state index in [1.54, 1.807) is 12.1 Å². The van der Waals surface area contributed by atoms with Crippen molar-refractivity contribution in [1.29, 1.82) is 0 Å². The van der Waals surface area contributed by atoms with E-state index in [-0.39, 0.29) is 5.69 Å². The van der Waals surface area contributed by atoms with Gasteiger partial charge in [0.2, 0.25) is 0 Å². The number of anilines is 1. The zero-order valence-electron chi connectivity index (χ0n) is 12.6. The van der Waals surface area contributed by atoms with Crippen LogP contribution < -0.4 is 4.90 Å². The Hall–Kier alpha value is -2.76. The average molecular weight is 298 g/mol. The second-order valence-electron chi connectivity index (χ2n) is 4.64. The Morgan fingerprint density at radius 3 is 2.32 bits per heavy atom. The molecule has 0 unspecified atom stereocenters. The van der Waals surface area contributed by atoms with Gasteiger partial charge in [0.05, 0.1) is 16.3 Å². The zero-order chi connectivity index (χ0) is 15.9. The van der Waals surface area contributed by atoms with Crippen LogP contribution in [-0.4, -0.2) is 18.0 Å². The molecule has 0 heterocycles. The highest BCUT2D eigenvalue weighted by Gasteiger charge is 2.14. The lowest BCUT2D eigenvalue weighted by atomic mass is 10.2. The third-order valence-electron chi connectivity index (χ3n) is 3.30. The topological polar surface area (TPSA) is 71.1 Å². The second kappa shape index (κ2) is 7.31. The predicted molar refractivity (Wildman–Crippen MR) is 87.3 cm³/mol. The molecule has 0 fully saturated rings. The van der Waals surface area contributed by atoms with Gasteiger partial charge >= 0.3 is 0 Å². The maximum absolute atomic E-state index is 11.0. The first-order valence-electron chi connectivity index (χ1n) is 7.15. The molecule has 0 atom stereocenters. The number of nitro benzene ring substituents is 1. The maximum atomic E-state index is 11.0. The van der Waals surface area contributed by atoms with E-state index >= 15 is 0 Å². The van der Waals surface area contributed by atoms with Crippen LogP contribution >= 0.6 is 0 Å². The normalized spacial score (nSPS) is 10.8. The van der Waals surface area contributed by atoms with Gasteiger partial charge in [0.1, 0.15) is 5.69 Å². The molecule has 6 nitrogen and oxygen atoms in total. The number of hydrogen-bond donors (Lipinski definition) is 0. The summed E-state index contributed by atoms with van der Waals surface area (Å²) in [7, 11) is 0. The van der Waals surface area contributed by atoms with Gasteiger partial charge in [0.25, 0.3) is 5.69 Å². The highest BCUT2D eigenvalue weighted by atomic mass is 16.6. The maximum Gasteiger partial charge on any atom is 0.271 e. The molecule has 114 valence electrons. The number of azo groups is 1. The van der Waals surface area contributed by atoms with Gasteiger partial charge in [0, 0.05) is 25.2 Å². The summed E-state index contributed by atoms with van der Waals surface area (Å²) in [5, 5.41) is 19.4. The Bertz CT molecular complexity index is 667. The molecule has 0 N–H and O–H groups in total. The molecular weight excluding hydrogens is 280 g/mol. The van der Waals surface area contributed by atoms with Crippen LogP contribution in [0.4, 0.5) is 22.7 Å². The standard InChI is InChI=1S/C16H18N4O2/c1-3-19(4-2)16-12-14(20(21)22)10-11-15(16)18-17-13-8-6-5-7-9-13/h5-12H,3-4H2,1-2H3. The van der Waals surface area contributed by atoms with Gasteiger partial charge in [-0.05, 0) is 32.0 Å². The molecule has 2 aromatic carbocycles. The summed E-state index contributed by atoms with van der Waals surface area (Å²) in [5.41, 5.74) is 2.14. The van der Waals surface area contributed by atoms with Crippen LogP contribution in [-0.2, 0) is 0 Å². The number of benzene rings is 2. The zero-order valence-corrected chi connectivity index (χ0v) is 12.6. The fourth-order valence-electron chi connectivity index (χ4n) is 2.13. The predicted octanol–water partition coefficient (Wildman–Crippen LogP) is 4.86. The summed E-state index contributed by atoms with van der Waals surface area (Å²) >= 11 is 0.